The molecule has 2 bridgehead atoms. The Morgan fingerprint density at radius 1 is 1.16 bits per heavy atom. The maximum Gasteiger partial charge on any atom is 0.303 e. The van der Waals surface area contributed by atoms with Crippen LogP contribution in [0, 0.1) is 11.8 Å². The van der Waals surface area contributed by atoms with Crippen molar-refractivity contribution in [2.75, 3.05) is 6.61 Å². The van der Waals surface area contributed by atoms with E-state index in [1.54, 1.807) is 0 Å². The first-order valence-electron chi connectivity index (χ1n) is 7.35. The van der Waals surface area contributed by atoms with Crippen molar-refractivity contribution < 1.29 is 19.7 Å². The summed E-state index contributed by atoms with van der Waals surface area (Å²) >= 11 is 0. The highest BCUT2D eigenvalue weighted by Crippen LogP contribution is 2.45. The van der Waals surface area contributed by atoms with E-state index in [1.807, 2.05) is 0 Å². The Hall–Kier alpha value is -0.870. The maximum absolute atomic E-state index is 10.3. The van der Waals surface area contributed by atoms with Crippen LogP contribution >= 0.6 is 0 Å². The van der Waals surface area contributed by atoms with Gasteiger partial charge in [0.05, 0.1) is 12.2 Å². The number of aliphatic hydroxyl groups excluding tert-OH is 1. The summed E-state index contributed by atoms with van der Waals surface area (Å²) in [6.45, 7) is 0.244. The van der Waals surface area contributed by atoms with Crippen molar-refractivity contribution in [1.29, 1.82) is 0 Å². The summed E-state index contributed by atoms with van der Waals surface area (Å²) in [5.41, 5.74) is 0. The Labute approximate surface area is 114 Å². The predicted molar refractivity (Wildman–Crippen MR) is 71.8 cm³/mol. The number of ether oxygens (including phenoxy) is 1. The molecule has 0 aromatic rings. The third-order valence-electron chi connectivity index (χ3n) is 4.40. The molecule has 19 heavy (non-hydrogen) atoms. The predicted octanol–water partition coefficient (Wildman–Crippen LogP) is 2.36. The molecule has 108 valence electrons. The van der Waals surface area contributed by atoms with Gasteiger partial charge in [0.25, 0.3) is 0 Å². The number of hydrogen-bond acceptors (Lipinski definition) is 3. The van der Waals surface area contributed by atoms with E-state index in [2.05, 4.69) is 12.2 Å². The van der Waals surface area contributed by atoms with Gasteiger partial charge in [-0.3, -0.25) is 4.79 Å². The second kappa shape index (κ2) is 7.06. The van der Waals surface area contributed by atoms with Gasteiger partial charge in [-0.25, -0.2) is 0 Å². The van der Waals surface area contributed by atoms with Crippen molar-refractivity contribution in [3.05, 3.63) is 12.2 Å². The van der Waals surface area contributed by atoms with Crippen LogP contribution in [0.5, 0.6) is 0 Å². The Bertz CT molecular complexity index is 326. The van der Waals surface area contributed by atoms with E-state index in [9.17, 15) is 9.90 Å². The average molecular weight is 268 g/mol. The second-order valence-electron chi connectivity index (χ2n) is 5.64. The lowest BCUT2D eigenvalue weighted by atomic mass is 9.77. The van der Waals surface area contributed by atoms with Gasteiger partial charge in [0.15, 0.2) is 0 Å². The molecular formula is C15H24O4. The number of carboxylic acids is 1. The van der Waals surface area contributed by atoms with E-state index in [0.717, 1.165) is 32.1 Å². The molecule has 2 N–H and O–H groups in total. The highest BCUT2D eigenvalue weighted by molar-refractivity contribution is 5.66. The lowest BCUT2D eigenvalue weighted by Crippen LogP contribution is -2.29. The summed E-state index contributed by atoms with van der Waals surface area (Å²) < 4.78 is 5.86. The summed E-state index contributed by atoms with van der Waals surface area (Å²) in [7, 11) is 0. The first kappa shape index (κ1) is 14.5. The van der Waals surface area contributed by atoms with Crippen molar-refractivity contribution in [2.24, 2.45) is 11.8 Å². The van der Waals surface area contributed by atoms with Gasteiger partial charge in [-0.15, -0.1) is 0 Å². The van der Waals surface area contributed by atoms with Crippen molar-refractivity contribution in [1.82, 2.24) is 0 Å². The Kier molecular flexibility index (Phi) is 5.40. The minimum Gasteiger partial charge on any atom is -0.481 e. The van der Waals surface area contributed by atoms with Gasteiger partial charge in [0.1, 0.15) is 0 Å². The fourth-order valence-electron chi connectivity index (χ4n) is 3.42. The molecule has 0 spiro atoms. The Balaban J connectivity index is 1.63. The van der Waals surface area contributed by atoms with Crippen molar-refractivity contribution in [3.8, 4) is 0 Å². The number of hydrogen-bond donors (Lipinski definition) is 2. The van der Waals surface area contributed by atoms with Gasteiger partial charge in [-0.1, -0.05) is 12.2 Å². The molecule has 2 fully saturated rings. The molecule has 2 aliphatic heterocycles. The zero-order chi connectivity index (χ0) is 13.7. The average Bonchev–Trinajstić information content (AvgIpc) is 2.97. The zero-order valence-corrected chi connectivity index (χ0v) is 11.3. The highest BCUT2D eigenvalue weighted by atomic mass is 16.5. The molecule has 2 rings (SSSR count). The Morgan fingerprint density at radius 2 is 1.84 bits per heavy atom. The van der Waals surface area contributed by atoms with Crippen LogP contribution < -0.4 is 0 Å². The molecule has 4 nitrogen and oxygen atoms in total. The third kappa shape index (κ3) is 3.80. The number of rotatable bonds is 8. The normalized spacial score (nSPS) is 33.3. The SMILES string of the molecule is O=C(O)CCC/C=C\CC[C@H]1[C@@H](CO)[C@H]2CC[C@@H]1O2. The van der Waals surface area contributed by atoms with E-state index >= 15 is 0 Å². The minimum absolute atomic E-state index is 0.244. The van der Waals surface area contributed by atoms with Crippen LogP contribution in [0.4, 0.5) is 0 Å². The van der Waals surface area contributed by atoms with Gasteiger partial charge in [0.2, 0.25) is 0 Å². The van der Waals surface area contributed by atoms with Crippen LogP contribution in [0.2, 0.25) is 0 Å². The summed E-state index contributed by atoms with van der Waals surface area (Å²) in [5, 5.41) is 17.9. The molecule has 0 saturated carbocycles. The van der Waals surface area contributed by atoms with Crippen LogP contribution in [-0.4, -0.2) is 35.0 Å². The monoisotopic (exact) mass is 268 g/mol. The fourth-order valence-corrected chi connectivity index (χ4v) is 3.42. The van der Waals surface area contributed by atoms with Crippen LogP contribution in [0.25, 0.3) is 0 Å². The fraction of sp³-hybridized carbons (Fsp3) is 0.800. The van der Waals surface area contributed by atoms with Crippen LogP contribution in [-0.2, 0) is 9.53 Å². The van der Waals surface area contributed by atoms with E-state index < -0.39 is 5.97 Å². The number of carboxylic acid groups (broad SMARTS) is 1. The molecule has 2 aliphatic rings. The summed E-state index contributed by atoms with van der Waals surface area (Å²) in [6, 6.07) is 0. The largest absolute Gasteiger partial charge is 0.481 e. The van der Waals surface area contributed by atoms with E-state index in [1.165, 1.54) is 0 Å². The topological polar surface area (TPSA) is 66.8 Å². The molecular weight excluding hydrogens is 244 g/mol. The molecule has 4 heteroatoms. The summed E-state index contributed by atoms with van der Waals surface area (Å²) in [4.78, 5) is 10.3. The number of aliphatic hydroxyl groups is 1. The van der Waals surface area contributed by atoms with Crippen LogP contribution in [0.1, 0.15) is 44.9 Å². The lowest BCUT2D eigenvalue weighted by Gasteiger charge is -2.25. The van der Waals surface area contributed by atoms with Crippen molar-refractivity contribution in [3.63, 3.8) is 0 Å². The lowest BCUT2D eigenvalue weighted by molar-refractivity contribution is -0.137. The first-order chi connectivity index (χ1) is 9.22. The Morgan fingerprint density at radius 3 is 2.53 bits per heavy atom. The van der Waals surface area contributed by atoms with Crippen molar-refractivity contribution >= 4 is 5.97 Å². The molecule has 0 radical (unpaired) electrons. The van der Waals surface area contributed by atoms with Gasteiger partial charge >= 0.3 is 5.97 Å². The minimum atomic E-state index is -0.724. The van der Waals surface area contributed by atoms with Gasteiger partial charge in [0, 0.05) is 18.9 Å². The molecule has 2 saturated heterocycles. The second-order valence-corrected chi connectivity index (χ2v) is 5.64. The van der Waals surface area contributed by atoms with Gasteiger partial charge < -0.3 is 14.9 Å². The molecule has 0 amide bonds. The van der Waals surface area contributed by atoms with Crippen molar-refractivity contribution in [2.45, 2.75) is 57.2 Å². The maximum atomic E-state index is 10.3. The van der Waals surface area contributed by atoms with E-state index in [4.69, 9.17) is 9.84 Å². The summed E-state index contributed by atoms with van der Waals surface area (Å²) in [5.74, 6) is 0.116. The smallest absolute Gasteiger partial charge is 0.303 e. The molecule has 4 atom stereocenters. The van der Waals surface area contributed by atoms with Crippen LogP contribution in [0.3, 0.4) is 0 Å². The number of aliphatic carboxylic acids is 1. The van der Waals surface area contributed by atoms with Gasteiger partial charge in [-0.2, -0.15) is 0 Å². The number of allylic oxidation sites excluding steroid dienone is 2. The molecule has 2 heterocycles. The molecule has 0 unspecified atom stereocenters. The zero-order valence-electron chi connectivity index (χ0n) is 11.3. The quantitative estimate of drug-likeness (QED) is 0.524. The number of carbonyl (C=O) groups is 1. The summed E-state index contributed by atoms with van der Waals surface area (Å²) in [6.07, 6.45) is 11.0. The highest BCUT2D eigenvalue weighted by Gasteiger charge is 2.47. The molecule has 0 aliphatic carbocycles. The van der Waals surface area contributed by atoms with Crippen LogP contribution in [0.15, 0.2) is 12.2 Å². The van der Waals surface area contributed by atoms with E-state index in [-0.39, 0.29) is 13.0 Å². The first-order valence-corrected chi connectivity index (χ1v) is 7.35. The van der Waals surface area contributed by atoms with Gasteiger partial charge in [-0.05, 0) is 44.4 Å². The molecule has 0 aromatic heterocycles. The number of fused-ring (bicyclic) bond motifs is 2. The van der Waals surface area contributed by atoms with E-state index in [0.29, 0.717) is 30.5 Å². The standard InChI is InChI=1S/C15H24O4/c16-10-12-11(13-8-9-14(12)19-13)6-4-2-1-3-5-7-15(17)18/h1-2,11-14,16H,3-10H2,(H,17,18)/b2-1-/t11-,12+,13-,14+/m0/s1. The number of unbranched alkanes of at least 4 members (excludes halogenated alkanes) is 1. The third-order valence-corrected chi connectivity index (χ3v) is 4.40. The molecule has 0 aromatic carbocycles.